The van der Waals surface area contributed by atoms with Crippen LogP contribution in [0.4, 0.5) is 5.69 Å². The van der Waals surface area contributed by atoms with Crippen LogP contribution in [-0.4, -0.2) is 17.1 Å². The summed E-state index contributed by atoms with van der Waals surface area (Å²) in [6.45, 7) is 0. The van der Waals surface area contributed by atoms with Crippen molar-refractivity contribution in [3.63, 3.8) is 0 Å². The number of hydrogen-bond acceptors (Lipinski definition) is 3. The molecule has 0 radical (unpaired) electrons. The number of thioether (sulfide) groups is 1. The molecule has 0 saturated heterocycles. The fourth-order valence-electron chi connectivity index (χ4n) is 2.15. The van der Waals surface area contributed by atoms with Gasteiger partial charge in [-0.3, -0.25) is 4.79 Å². The summed E-state index contributed by atoms with van der Waals surface area (Å²) in [6, 6.07) is 12.3. The van der Waals surface area contributed by atoms with E-state index >= 15 is 0 Å². The number of carbonyl (C=O) groups is 1. The molecule has 2 aromatic rings. The molecule has 0 aliphatic carbocycles. The fraction of sp³-hybridized carbons (Fsp3) is 0.133. The maximum atomic E-state index is 12.1. The minimum atomic E-state index is -1.15. The maximum absolute atomic E-state index is 12.1. The summed E-state index contributed by atoms with van der Waals surface area (Å²) in [7, 11) is 0. The molecule has 2 aromatic carbocycles. The number of halogens is 2. The number of hydrogen-bond donors (Lipinski definition) is 2. The Hall–Kier alpha value is -1.20. The molecule has 3 nitrogen and oxygen atoms in total. The van der Waals surface area contributed by atoms with Crippen molar-refractivity contribution in [2.75, 3.05) is 5.32 Å². The number of aliphatic hydroxyl groups is 1. The molecule has 2 atom stereocenters. The van der Waals surface area contributed by atoms with E-state index in [1.165, 1.54) is 11.8 Å². The number of fused-ring (bicyclic) bond motifs is 1. The van der Waals surface area contributed by atoms with Crippen LogP contribution in [0.15, 0.2) is 47.4 Å². The van der Waals surface area contributed by atoms with Crippen LogP contribution in [0, 0.1) is 0 Å². The molecule has 2 N–H and O–H groups in total. The Morgan fingerprint density at radius 1 is 1.05 bits per heavy atom. The summed E-state index contributed by atoms with van der Waals surface area (Å²) >= 11 is 13.3. The number of rotatable bonds is 1. The van der Waals surface area contributed by atoms with Crippen LogP contribution in [0.3, 0.4) is 0 Å². The molecule has 1 aliphatic rings. The summed E-state index contributed by atoms with van der Waals surface area (Å²) < 4.78 is 0. The lowest BCUT2D eigenvalue weighted by Gasteiger charge is -2.18. The highest BCUT2D eigenvalue weighted by atomic mass is 35.5. The molecule has 1 heterocycles. The number of anilines is 1. The van der Waals surface area contributed by atoms with Crippen LogP contribution in [-0.2, 0) is 4.79 Å². The van der Waals surface area contributed by atoms with Gasteiger partial charge in [0.1, 0.15) is 6.10 Å². The highest BCUT2D eigenvalue weighted by Gasteiger charge is 2.32. The third-order valence-corrected chi connectivity index (χ3v) is 5.07. The average molecular weight is 340 g/mol. The first-order chi connectivity index (χ1) is 10.0. The molecule has 108 valence electrons. The molecule has 0 spiro atoms. The van der Waals surface area contributed by atoms with Crippen molar-refractivity contribution in [1.29, 1.82) is 0 Å². The lowest BCUT2D eigenvalue weighted by molar-refractivity contribution is -0.124. The van der Waals surface area contributed by atoms with Crippen molar-refractivity contribution in [1.82, 2.24) is 0 Å². The molecule has 1 aliphatic heterocycles. The Bertz CT molecular complexity index is 691. The van der Waals surface area contributed by atoms with Crippen LogP contribution in [0.25, 0.3) is 0 Å². The Labute approximate surface area is 136 Å². The average Bonchev–Trinajstić information content (AvgIpc) is 2.58. The van der Waals surface area contributed by atoms with E-state index in [0.29, 0.717) is 15.7 Å². The Kier molecular flexibility index (Phi) is 4.13. The normalized spacial score (nSPS) is 21.4. The van der Waals surface area contributed by atoms with Crippen LogP contribution >= 0.6 is 35.0 Å². The van der Waals surface area contributed by atoms with Gasteiger partial charge in [0.05, 0.1) is 10.9 Å². The molecule has 3 rings (SSSR count). The molecule has 2 unspecified atom stereocenters. The second-order valence-corrected chi connectivity index (χ2v) is 6.72. The zero-order valence-corrected chi connectivity index (χ0v) is 13.0. The quantitative estimate of drug-likeness (QED) is 0.820. The maximum Gasteiger partial charge on any atom is 0.254 e. The second-order valence-electron chi connectivity index (χ2n) is 4.66. The van der Waals surface area contributed by atoms with E-state index < -0.39 is 17.3 Å². The van der Waals surface area contributed by atoms with Crippen molar-refractivity contribution < 1.29 is 9.90 Å². The van der Waals surface area contributed by atoms with E-state index in [9.17, 15) is 9.90 Å². The van der Waals surface area contributed by atoms with Gasteiger partial charge in [0, 0.05) is 14.9 Å². The lowest BCUT2D eigenvalue weighted by atomic mass is 10.1. The number of aliphatic hydroxyl groups excluding tert-OH is 1. The molecule has 0 fully saturated rings. The van der Waals surface area contributed by atoms with E-state index in [-0.39, 0.29) is 0 Å². The molecule has 0 aromatic heterocycles. The van der Waals surface area contributed by atoms with E-state index in [1.807, 2.05) is 12.1 Å². The third-order valence-electron chi connectivity index (χ3n) is 3.21. The fourth-order valence-corrected chi connectivity index (χ4v) is 3.77. The summed E-state index contributed by atoms with van der Waals surface area (Å²) in [5.74, 6) is -0.427. The zero-order chi connectivity index (χ0) is 15.0. The molecule has 6 heteroatoms. The molecule has 21 heavy (non-hydrogen) atoms. The first-order valence-corrected chi connectivity index (χ1v) is 7.89. The number of nitrogens with one attached hydrogen (secondary N) is 1. The van der Waals surface area contributed by atoms with Gasteiger partial charge >= 0.3 is 0 Å². The van der Waals surface area contributed by atoms with E-state index in [1.54, 1.807) is 30.3 Å². The summed E-state index contributed by atoms with van der Waals surface area (Å²) in [5.41, 5.74) is 1.49. The molecular formula is C15H11Cl2NO2S. The first kappa shape index (κ1) is 14.7. The summed E-state index contributed by atoms with van der Waals surface area (Å²) in [4.78, 5) is 12.9. The largest absolute Gasteiger partial charge is 0.382 e. The van der Waals surface area contributed by atoms with Crippen LogP contribution in [0.1, 0.15) is 10.8 Å². The molecule has 0 bridgehead atoms. The minimum absolute atomic E-state index is 0.415. The van der Waals surface area contributed by atoms with Gasteiger partial charge in [-0.2, -0.15) is 0 Å². The number of carbonyl (C=O) groups excluding carboxylic acids is 1. The Balaban J connectivity index is 2.03. The minimum Gasteiger partial charge on any atom is -0.382 e. The van der Waals surface area contributed by atoms with Gasteiger partial charge < -0.3 is 10.4 Å². The Morgan fingerprint density at radius 3 is 2.43 bits per heavy atom. The summed E-state index contributed by atoms with van der Waals surface area (Å²) in [5, 5.41) is 13.8. The predicted molar refractivity (Wildman–Crippen MR) is 86.1 cm³/mol. The van der Waals surface area contributed by atoms with Gasteiger partial charge in [0.2, 0.25) is 0 Å². The van der Waals surface area contributed by atoms with E-state index in [4.69, 9.17) is 23.2 Å². The van der Waals surface area contributed by atoms with Gasteiger partial charge in [0.25, 0.3) is 5.91 Å². The predicted octanol–water partition coefficient (Wildman–Crippen LogP) is 4.14. The molecule has 0 saturated carbocycles. The number of benzene rings is 2. The standard InChI is InChI=1S/C15H11Cl2NO2S/c16-9-3-1-8(2-4-9)14-13(19)15(20)18-11-6-5-10(17)7-12(11)21-14/h1-7,13-14,19H,(H,18,20). The topological polar surface area (TPSA) is 49.3 Å². The van der Waals surface area contributed by atoms with Crippen LogP contribution < -0.4 is 5.32 Å². The van der Waals surface area contributed by atoms with Crippen molar-refractivity contribution in [2.45, 2.75) is 16.2 Å². The molecule has 1 amide bonds. The third kappa shape index (κ3) is 3.04. The van der Waals surface area contributed by atoms with Crippen molar-refractivity contribution in [2.24, 2.45) is 0 Å². The van der Waals surface area contributed by atoms with Crippen molar-refractivity contribution in [3.05, 3.63) is 58.1 Å². The number of amides is 1. The van der Waals surface area contributed by atoms with Gasteiger partial charge in [-0.05, 0) is 35.9 Å². The SMILES string of the molecule is O=C1Nc2ccc(Cl)cc2SC(c2ccc(Cl)cc2)C1O. The zero-order valence-electron chi connectivity index (χ0n) is 10.7. The highest BCUT2D eigenvalue weighted by molar-refractivity contribution is 7.99. The monoisotopic (exact) mass is 339 g/mol. The lowest BCUT2D eigenvalue weighted by Crippen LogP contribution is -2.30. The Morgan fingerprint density at radius 2 is 1.71 bits per heavy atom. The van der Waals surface area contributed by atoms with Crippen LogP contribution in [0.5, 0.6) is 0 Å². The van der Waals surface area contributed by atoms with Crippen molar-refractivity contribution in [3.8, 4) is 0 Å². The van der Waals surface area contributed by atoms with Gasteiger partial charge in [0.15, 0.2) is 0 Å². The van der Waals surface area contributed by atoms with E-state index in [2.05, 4.69) is 5.32 Å². The van der Waals surface area contributed by atoms with Crippen molar-refractivity contribution >= 4 is 46.6 Å². The first-order valence-electron chi connectivity index (χ1n) is 6.25. The second kappa shape index (κ2) is 5.89. The van der Waals surface area contributed by atoms with E-state index in [0.717, 1.165) is 10.5 Å². The van der Waals surface area contributed by atoms with Gasteiger partial charge in [-0.15, -0.1) is 11.8 Å². The smallest absolute Gasteiger partial charge is 0.254 e. The van der Waals surface area contributed by atoms with Crippen LogP contribution in [0.2, 0.25) is 10.0 Å². The molecular weight excluding hydrogens is 329 g/mol. The summed E-state index contributed by atoms with van der Waals surface area (Å²) in [6.07, 6.45) is -1.15. The van der Waals surface area contributed by atoms with Gasteiger partial charge in [-0.25, -0.2) is 0 Å². The van der Waals surface area contributed by atoms with Gasteiger partial charge in [-0.1, -0.05) is 35.3 Å². The highest BCUT2D eigenvalue weighted by Crippen LogP contribution is 2.44.